The van der Waals surface area contributed by atoms with E-state index in [0.717, 1.165) is 25.9 Å². The van der Waals surface area contributed by atoms with Gasteiger partial charge in [-0.1, -0.05) is 19.1 Å². The molecular formula is C16H25FN2O. The molecule has 0 spiro atoms. The molecule has 1 aliphatic heterocycles. The van der Waals surface area contributed by atoms with E-state index in [1.54, 1.807) is 6.07 Å². The Bertz CT molecular complexity index is 438. The third-order valence-electron chi connectivity index (χ3n) is 4.20. The van der Waals surface area contributed by atoms with Gasteiger partial charge < -0.3 is 10.1 Å². The lowest BCUT2D eigenvalue weighted by atomic mass is 10.1. The average Bonchev–Trinajstić information content (AvgIpc) is 2.63. The van der Waals surface area contributed by atoms with E-state index in [0.29, 0.717) is 29.9 Å². The van der Waals surface area contributed by atoms with Crippen molar-refractivity contribution < 1.29 is 9.13 Å². The van der Waals surface area contributed by atoms with Crippen molar-refractivity contribution in [2.45, 2.75) is 45.3 Å². The first kappa shape index (κ1) is 15.3. The minimum Gasteiger partial charge on any atom is -0.494 e. The number of methoxy groups -OCH3 is 1. The maximum absolute atomic E-state index is 14.3. The van der Waals surface area contributed by atoms with Crippen LogP contribution < -0.4 is 10.1 Å². The van der Waals surface area contributed by atoms with Gasteiger partial charge in [0.1, 0.15) is 0 Å². The van der Waals surface area contributed by atoms with E-state index >= 15 is 0 Å². The fraction of sp³-hybridized carbons (Fsp3) is 0.625. The van der Waals surface area contributed by atoms with Gasteiger partial charge in [0.05, 0.1) is 7.11 Å². The van der Waals surface area contributed by atoms with Gasteiger partial charge in [0, 0.05) is 30.7 Å². The summed E-state index contributed by atoms with van der Waals surface area (Å²) in [6.45, 7) is 7.06. The van der Waals surface area contributed by atoms with Gasteiger partial charge >= 0.3 is 0 Å². The Hall–Kier alpha value is -1.13. The molecule has 1 aromatic carbocycles. The lowest BCUT2D eigenvalue weighted by Gasteiger charge is -2.29. The quantitative estimate of drug-likeness (QED) is 0.918. The van der Waals surface area contributed by atoms with E-state index in [2.05, 4.69) is 24.1 Å². The second-order valence-corrected chi connectivity index (χ2v) is 5.56. The topological polar surface area (TPSA) is 24.5 Å². The lowest BCUT2D eigenvalue weighted by Crippen LogP contribution is -2.39. The molecule has 2 unspecified atom stereocenters. The van der Waals surface area contributed by atoms with Crippen LogP contribution in [0.4, 0.5) is 4.39 Å². The molecule has 1 fully saturated rings. The number of nitrogens with zero attached hydrogens (tertiary/aromatic N) is 1. The lowest BCUT2D eigenvalue weighted by molar-refractivity contribution is 0.191. The zero-order chi connectivity index (χ0) is 14.5. The Morgan fingerprint density at radius 2 is 2.25 bits per heavy atom. The second-order valence-electron chi connectivity index (χ2n) is 5.56. The molecule has 1 aromatic rings. The van der Waals surface area contributed by atoms with E-state index < -0.39 is 0 Å². The van der Waals surface area contributed by atoms with Crippen LogP contribution in [-0.4, -0.2) is 37.2 Å². The molecule has 4 heteroatoms. The van der Waals surface area contributed by atoms with Gasteiger partial charge in [-0.3, -0.25) is 4.90 Å². The van der Waals surface area contributed by atoms with E-state index in [1.165, 1.54) is 7.11 Å². The van der Waals surface area contributed by atoms with Crippen LogP contribution in [-0.2, 0) is 6.54 Å². The van der Waals surface area contributed by atoms with Crippen LogP contribution in [0, 0.1) is 5.82 Å². The molecule has 1 heterocycles. The molecule has 0 aliphatic carbocycles. The highest BCUT2D eigenvalue weighted by molar-refractivity contribution is 5.31. The van der Waals surface area contributed by atoms with Gasteiger partial charge in [-0.05, 0) is 32.4 Å². The summed E-state index contributed by atoms with van der Waals surface area (Å²) in [6, 6.07) is 6.33. The van der Waals surface area contributed by atoms with E-state index in [1.807, 2.05) is 12.1 Å². The first-order valence-electron chi connectivity index (χ1n) is 7.44. The van der Waals surface area contributed by atoms with E-state index in [9.17, 15) is 4.39 Å². The number of rotatable bonds is 4. The van der Waals surface area contributed by atoms with Crippen LogP contribution >= 0.6 is 0 Å². The summed E-state index contributed by atoms with van der Waals surface area (Å²) in [5.41, 5.74) is 0.716. The van der Waals surface area contributed by atoms with Crippen LogP contribution in [0.15, 0.2) is 18.2 Å². The molecule has 3 nitrogen and oxygen atoms in total. The second kappa shape index (κ2) is 7.04. The van der Waals surface area contributed by atoms with Gasteiger partial charge in [-0.2, -0.15) is 0 Å². The smallest absolute Gasteiger partial charge is 0.169 e. The highest BCUT2D eigenvalue weighted by Gasteiger charge is 2.23. The Balaban J connectivity index is 2.14. The van der Waals surface area contributed by atoms with Crippen molar-refractivity contribution in [2.75, 3.05) is 20.2 Å². The zero-order valence-electron chi connectivity index (χ0n) is 12.7. The summed E-state index contributed by atoms with van der Waals surface area (Å²) in [5, 5.41) is 3.55. The molecule has 20 heavy (non-hydrogen) atoms. The molecule has 0 saturated carbocycles. The fourth-order valence-electron chi connectivity index (χ4n) is 2.76. The summed E-state index contributed by atoms with van der Waals surface area (Å²) in [6.07, 6.45) is 2.20. The van der Waals surface area contributed by atoms with Crippen LogP contribution in [0.3, 0.4) is 0 Å². The van der Waals surface area contributed by atoms with E-state index in [4.69, 9.17) is 4.74 Å². The summed E-state index contributed by atoms with van der Waals surface area (Å²) in [5.74, 6) is 0.0996. The monoisotopic (exact) mass is 280 g/mol. The molecular weight excluding hydrogens is 255 g/mol. The Morgan fingerprint density at radius 1 is 1.45 bits per heavy atom. The van der Waals surface area contributed by atoms with Gasteiger partial charge in [0.2, 0.25) is 0 Å². The van der Waals surface area contributed by atoms with Gasteiger partial charge in [0.15, 0.2) is 11.6 Å². The standard InChI is InChI=1S/C16H25FN2O/c1-4-14-11-19(12(2)8-9-18-14)10-13-6-5-7-15(20-3)16(13)17/h5-7,12,14,18H,4,8-11H2,1-3H3. The van der Waals surface area contributed by atoms with Gasteiger partial charge in [-0.15, -0.1) is 0 Å². The number of halogens is 1. The Labute approximate surface area is 121 Å². The maximum Gasteiger partial charge on any atom is 0.169 e. The predicted octanol–water partition coefficient (Wildman–Crippen LogP) is 2.80. The Kier molecular flexibility index (Phi) is 5.38. The van der Waals surface area contributed by atoms with Crippen molar-refractivity contribution in [1.82, 2.24) is 10.2 Å². The Morgan fingerprint density at radius 3 is 2.95 bits per heavy atom. The van der Waals surface area contributed by atoms with Crippen molar-refractivity contribution in [3.63, 3.8) is 0 Å². The average molecular weight is 280 g/mol. The van der Waals surface area contributed by atoms with Crippen molar-refractivity contribution >= 4 is 0 Å². The molecule has 0 radical (unpaired) electrons. The predicted molar refractivity (Wildman–Crippen MR) is 79.5 cm³/mol. The van der Waals surface area contributed by atoms with Crippen LogP contribution in [0.25, 0.3) is 0 Å². The molecule has 0 bridgehead atoms. The minimum atomic E-state index is -0.229. The number of nitrogens with one attached hydrogen (secondary N) is 1. The molecule has 0 amide bonds. The summed E-state index contributed by atoms with van der Waals surface area (Å²) in [4.78, 5) is 2.37. The minimum absolute atomic E-state index is 0.229. The van der Waals surface area contributed by atoms with E-state index in [-0.39, 0.29) is 5.82 Å². The van der Waals surface area contributed by atoms with Crippen LogP contribution in [0.2, 0.25) is 0 Å². The molecule has 0 aromatic heterocycles. The molecule has 1 N–H and O–H groups in total. The van der Waals surface area contributed by atoms with Crippen molar-refractivity contribution in [3.8, 4) is 5.75 Å². The number of ether oxygens (including phenoxy) is 1. The zero-order valence-corrected chi connectivity index (χ0v) is 12.7. The third kappa shape index (κ3) is 3.49. The first-order chi connectivity index (χ1) is 9.65. The highest BCUT2D eigenvalue weighted by atomic mass is 19.1. The molecule has 1 aliphatic rings. The van der Waals surface area contributed by atoms with Crippen molar-refractivity contribution in [3.05, 3.63) is 29.6 Å². The van der Waals surface area contributed by atoms with Crippen molar-refractivity contribution in [1.29, 1.82) is 0 Å². The summed E-state index contributed by atoms with van der Waals surface area (Å²) in [7, 11) is 1.51. The number of benzene rings is 1. The molecule has 2 rings (SSSR count). The summed E-state index contributed by atoms with van der Waals surface area (Å²) >= 11 is 0. The fourth-order valence-corrected chi connectivity index (χ4v) is 2.76. The van der Waals surface area contributed by atoms with Crippen molar-refractivity contribution in [2.24, 2.45) is 0 Å². The number of hydrogen-bond donors (Lipinski definition) is 1. The maximum atomic E-state index is 14.3. The SMILES string of the molecule is CCC1CN(Cc2cccc(OC)c2F)C(C)CCN1. The largest absolute Gasteiger partial charge is 0.494 e. The molecule has 2 atom stereocenters. The third-order valence-corrected chi connectivity index (χ3v) is 4.20. The summed E-state index contributed by atoms with van der Waals surface area (Å²) < 4.78 is 19.3. The number of hydrogen-bond acceptors (Lipinski definition) is 3. The first-order valence-corrected chi connectivity index (χ1v) is 7.44. The normalized spacial score (nSPS) is 24.4. The molecule has 1 saturated heterocycles. The highest BCUT2D eigenvalue weighted by Crippen LogP contribution is 2.23. The van der Waals surface area contributed by atoms with Gasteiger partial charge in [-0.25, -0.2) is 4.39 Å². The van der Waals surface area contributed by atoms with Crippen LogP contribution in [0.1, 0.15) is 32.3 Å². The molecule has 112 valence electrons. The van der Waals surface area contributed by atoms with Gasteiger partial charge in [0.25, 0.3) is 0 Å². The van der Waals surface area contributed by atoms with Crippen LogP contribution in [0.5, 0.6) is 5.75 Å².